The Morgan fingerprint density at radius 1 is 1.20 bits per heavy atom. The van der Waals surface area contributed by atoms with Crippen LogP contribution in [0.4, 0.5) is 11.5 Å². The number of pyridine rings is 1. The molecule has 2 aromatic rings. The number of hydrogen-bond donors (Lipinski definition) is 0. The van der Waals surface area contributed by atoms with Gasteiger partial charge < -0.3 is 9.80 Å². The van der Waals surface area contributed by atoms with Gasteiger partial charge in [-0.3, -0.25) is 14.9 Å². The lowest BCUT2D eigenvalue weighted by Gasteiger charge is -2.35. The van der Waals surface area contributed by atoms with Gasteiger partial charge >= 0.3 is 0 Å². The van der Waals surface area contributed by atoms with Crippen molar-refractivity contribution in [2.24, 2.45) is 0 Å². The maximum atomic E-state index is 12.6. The number of non-ortho nitro benzene ring substituents is 1. The second kappa shape index (κ2) is 6.97. The van der Waals surface area contributed by atoms with E-state index in [9.17, 15) is 20.2 Å². The van der Waals surface area contributed by atoms with Gasteiger partial charge in [0.2, 0.25) is 0 Å². The molecule has 8 heteroatoms. The fourth-order valence-electron chi connectivity index (χ4n) is 2.79. The number of nitrogens with zero attached hydrogens (tertiary/aromatic N) is 5. The number of nitro benzene ring substituents is 1. The van der Waals surface area contributed by atoms with Crippen LogP contribution in [0, 0.1) is 21.4 Å². The van der Waals surface area contributed by atoms with E-state index >= 15 is 0 Å². The molecule has 126 valence electrons. The Morgan fingerprint density at radius 2 is 1.96 bits per heavy atom. The number of hydrogen-bond acceptors (Lipinski definition) is 6. The molecule has 0 spiro atoms. The van der Waals surface area contributed by atoms with Gasteiger partial charge in [-0.15, -0.1) is 0 Å². The van der Waals surface area contributed by atoms with E-state index in [0.717, 1.165) is 0 Å². The number of carbonyl (C=O) groups is 1. The van der Waals surface area contributed by atoms with Gasteiger partial charge in [0.15, 0.2) is 0 Å². The number of nitriles is 1. The van der Waals surface area contributed by atoms with E-state index in [1.807, 2.05) is 4.90 Å². The van der Waals surface area contributed by atoms with Gasteiger partial charge in [-0.25, -0.2) is 4.98 Å². The predicted molar refractivity (Wildman–Crippen MR) is 90.2 cm³/mol. The Morgan fingerprint density at radius 3 is 2.64 bits per heavy atom. The van der Waals surface area contributed by atoms with Gasteiger partial charge in [-0.05, 0) is 18.2 Å². The Labute approximate surface area is 144 Å². The van der Waals surface area contributed by atoms with E-state index in [2.05, 4.69) is 11.1 Å². The van der Waals surface area contributed by atoms with E-state index in [-0.39, 0.29) is 11.6 Å². The normalized spacial score (nSPS) is 14.0. The summed E-state index contributed by atoms with van der Waals surface area (Å²) >= 11 is 0. The third-order valence-corrected chi connectivity index (χ3v) is 4.08. The lowest BCUT2D eigenvalue weighted by molar-refractivity contribution is -0.384. The summed E-state index contributed by atoms with van der Waals surface area (Å²) in [5, 5.41) is 20.0. The zero-order chi connectivity index (χ0) is 17.8. The van der Waals surface area contributed by atoms with E-state index in [4.69, 9.17) is 0 Å². The van der Waals surface area contributed by atoms with Crippen LogP contribution in [0.15, 0.2) is 42.6 Å². The van der Waals surface area contributed by atoms with Crippen molar-refractivity contribution >= 4 is 17.4 Å². The highest BCUT2D eigenvalue weighted by Gasteiger charge is 2.24. The Hall–Kier alpha value is -3.47. The molecule has 0 N–H and O–H groups in total. The number of benzene rings is 1. The van der Waals surface area contributed by atoms with Crippen molar-refractivity contribution in [2.75, 3.05) is 31.1 Å². The highest BCUT2D eigenvalue weighted by molar-refractivity contribution is 5.95. The summed E-state index contributed by atoms with van der Waals surface area (Å²) in [7, 11) is 0. The molecule has 0 atom stereocenters. The largest absolute Gasteiger partial charge is 0.352 e. The van der Waals surface area contributed by atoms with Crippen LogP contribution in [-0.4, -0.2) is 46.9 Å². The van der Waals surface area contributed by atoms with Gasteiger partial charge in [0, 0.05) is 50.1 Å². The lowest BCUT2D eigenvalue weighted by Crippen LogP contribution is -2.49. The molecule has 25 heavy (non-hydrogen) atoms. The molecule has 0 aliphatic carbocycles. The second-order valence-electron chi connectivity index (χ2n) is 5.57. The van der Waals surface area contributed by atoms with Gasteiger partial charge in [-0.1, -0.05) is 6.07 Å². The number of piperazine rings is 1. The molecule has 1 aromatic heterocycles. The van der Waals surface area contributed by atoms with Gasteiger partial charge in [0.05, 0.1) is 10.5 Å². The van der Waals surface area contributed by atoms with E-state index < -0.39 is 4.92 Å². The quantitative estimate of drug-likeness (QED) is 0.625. The monoisotopic (exact) mass is 337 g/mol. The molecule has 1 aliphatic rings. The molecule has 8 nitrogen and oxygen atoms in total. The lowest BCUT2D eigenvalue weighted by atomic mass is 10.1. The minimum absolute atomic E-state index is 0.100. The zero-order valence-corrected chi connectivity index (χ0v) is 13.3. The maximum Gasteiger partial charge on any atom is 0.270 e. The van der Waals surface area contributed by atoms with Crippen LogP contribution < -0.4 is 4.90 Å². The van der Waals surface area contributed by atoms with Gasteiger partial charge in [0.25, 0.3) is 11.6 Å². The molecule has 2 heterocycles. The molecule has 0 radical (unpaired) electrons. The molecule has 1 saturated heterocycles. The van der Waals surface area contributed by atoms with E-state index in [1.54, 1.807) is 29.3 Å². The number of rotatable bonds is 3. The third kappa shape index (κ3) is 3.40. The van der Waals surface area contributed by atoms with E-state index in [1.165, 1.54) is 18.2 Å². The van der Waals surface area contributed by atoms with Crippen LogP contribution in [0.1, 0.15) is 15.9 Å². The van der Waals surface area contributed by atoms with Crippen LogP contribution in [-0.2, 0) is 0 Å². The maximum absolute atomic E-state index is 12.6. The molecule has 1 amide bonds. The first-order valence-electron chi connectivity index (χ1n) is 7.74. The number of nitro groups is 1. The van der Waals surface area contributed by atoms with Crippen molar-refractivity contribution in [2.45, 2.75) is 0 Å². The average Bonchev–Trinajstić information content (AvgIpc) is 2.67. The second-order valence-corrected chi connectivity index (χ2v) is 5.57. The van der Waals surface area contributed by atoms with Gasteiger partial charge in [-0.2, -0.15) is 5.26 Å². The smallest absolute Gasteiger partial charge is 0.270 e. The molecule has 1 fully saturated rings. The molecular weight excluding hydrogens is 322 g/mol. The first-order chi connectivity index (χ1) is 12.1. The van der Waals surface area contributed by atoms with Crippen molar-refractivity contribution in [3.63, 3.8) is 0 Å². The van der Waals surface area contributed by atoms with Crippen molar-refractivity contribution in [3.8, 4) is 6.07 Å². The minimum Gasteiger partial charge on any atom is -0.352 e. The van der Waals surface area contributed by atoms with Crippen molar-refractivity contribution in [1.29, 1.82) is 5.26 Å². The number of anilines is 1. The van der Waals surface area contributed by atoms with Crippen LogP contribution in [0.3, 0.4) is 0 Å². The van der Waals surface area contributed by atoms with E-state index in [0.29, 0.717) is 43.1 Å². The topological polar surface area (TPSA) is 103 Å². The average molecular weight is 337 g/mol. The summed E-state index contributed by atoms with van der Waals surface area (Å²) in [6, 6.07) is 11.3. The highest BCUT2D eigenvalue weighted by Crippen LogP contribution is 2.20. The molecule has 3 rings (SSSR count). The standard InChI is InChI=1S/C17H15N5O3/c18-12-14-4-2-6-19-16(14)20-7-9-21(10-8-20)17(23)13-3-1-5-15(11-13)22(24)25/h1-6,11H,7-10H2. The van der Waals surface area contributed by atoms with Gasteiger partial charge in [0.1, 0.15) is 11.9 Å². The third-order valence-electron chi connectivity index (χ3n) is 4.08. The number of amides is 1. The molecule has 1 aliphatic heterocycles. The van der Waals surface area contributed by atoms with Crippen LogP contribution >= 0.6 is 0 Å². The summed E-state index contributed by atoms with van der Waals surface area (Å²) in [6.07, 6.45) is 1.64. The summed E-state index contributed by atoms with van der Waals surface area (Å²) in [6.45, 7) is 2.02. The SMILES string of the molecule is N#Cc1cccnc1N1CCN(C(=O)c2cccc([N+](=O)[O-])c2)CC1. The fourth-order valence-corrected chi connectivity index (χ4v) is 2.79. The highest BCUT2D eigenvalue weighted by atomic mass is 16.6. The molecule has 1 aromatic carbocycles. The predicted octanol–water partition coefficient (Wildman–Crippen LogP) is 1.82. The van der Waals surface area contributed by atoms with Crippen molar-refractivity contribution < 1.29 is 9.72 Å². The minimum atomic E-state index is -0.515. The van der Waals surface area contributed by atoms with Crippen molar-refractivity contribution in [1.82, 2.24) is 9.88 Å². The molecule has 0 bridgehead atoms. The Kier molecular flexibility index (Phi) is 4.57. The Bertz CT molecular complexity index is 853. The van der Waals surface area contributed by atoms with Crippen molar-refractivity contribution in [3.05, 3.63) is 63.8 Å². The van der Waals surface area contributed by atoms with Crippen LogP contribution in [0.25, 0.3) is 0 Å². The first kappa shape index (κ1) is 16.4. The zero-order valence-electron chi connectivity index (χ0n) is 13.3. The van der Waals surface area contributed by atoms with Crippen LogP contribution in [0.5, 0.6) is 0 Å². The fraction of sp³-hybridized carbons (Fsp3) is 0.235. The Balaban J connectivity index is 1.70. The molecule has 0 unspecified atom stereocenters. The number of aromatic nitrogens is 1. The molecular formula is C17H15N5O3. The summed E-state index contributed by atoms with van der Waals surface area (Å²) in [5.74, 6) is 0.386. The van der Waals surface area contributed by atoms with Crippen LogP contribution in [0.2, 0.25) is 0 Å². The summed E-state index contributed by atoms with van der Waals surface area (Å²) in [5.41, 5.74) is 0.704. The summed E-state index contributed by atoms with van der Waals surface area (Å²) < 4.78 is 0. The summed E-state index contributed by atoms with van der Waals surface area (Å²) in [4.78, 5) is 30.8. The number of carbonyl (C=O) groups excluding carboxylic acids is 1. The first-order valence-corrected chi connectivity index (χ1v) is 7.74. The molecule has 0 saturated carbocycles.